The third-order valence-electron chi connectivity index (χ3n) is 3.70. The molecule has 0 amide bonds. The maximum absolute atomic E-state index is 11.0. The standard InChI is InChI=1S/C16H14N4O3/c1-9-6-7-11(8-14(9)20(21)22)16-18-15(19-23-16)12-4-3-5-13(17)10(12)2/h3-8H,17H2,1-2H3. The maximum atomic E-state index is 11.0. The highest BCUT2D eigenvalue weighted by molar-refractivity contribution is 5.69. The molecule has 7 heteroatoms. The molecule has 3 aromatic rings. The van der Waals surface area contributed by atoms with Gasteiger partial charge in [-0.2, -0.15) is 4.98 Å². The van der Waals surface area contributed by atoms with E-state index in [0.29, 0.717) is 22.6 Å². The minimum atomic E-state index is -0.432. The molecule has 1 aromatic heterocycles. The summed E-state index contributed by atoms with van der Waals surface area (Å²) in [7, 11) is 0. The number of nitrogens with two attached hydrogens (primary N) is 1. The number of benzene rings is 2. The predicted molar refractivity (Wildman–Crippen MR) is 85.7 cm³/mol. The molecule has 0 radical (unpaired) electrons. The molecular formula is C16H14N4O3. The molecular weight excluding hydrogens is 296 g/mol. The molecule has 0 aliphatic carbocycles. The summed E-state index contributed by atoms with van der Waals surface area (Å²) in [5.74, 6) is 0.623. The van der Waals surface area contributed by atoms with Crippen molar-refractivity contribution in [3.63, 3.8) is 0 Å². The Balaban J connectivity index is 2.04. The first kappa shape index (κ1) is 14.7. The summed E-state index contributed by atoms with van der Waals surface area (Å²) in [4.78, 5) is 14.9. The lowest BCUT2D eigenvalue weighted by atomic mass is 10.1. The number of hydrogen-bond acceptors (Lipinski definition) is 6. The average molecular weight is 310 g/mol. The van der Waals surface area contributed by atoms with E-state index in [9.17, 15) is 10.1 Å². The zero-order valence-electron chi connectivity index (χ0n) is 12.6. The average Bonchev–Trinajstić information content (AvgIpc) is 3.00. The van der Waals surface area contributed by atoms with Crippen molar-refractivity contribution in [2.24, 2.45) is 0 Å². The molecule has 116 valence electrons. The molecule has 7 nitrogen and oxygen atoms in total. The van der Waals surface area contributed by atoms with Gasteiger partial charge in [-0.1, -0.05) is 23.4 Å². The topological polar surface area (TPSA) is 108 Å². The highest BCUT2D eigenvalue weighted by Gasteiger charge is 2.17. The van der Waals surface area contributed by atoms with Gasteiger partial charge in [-0.25, -0.2) is 0 Å². The van der Waals surface area contributed by atoms with Crippen LogP contribution in [-0.2, 0) is 0 Å². The van der Waals surface area contributed by atoms with Gasteiger partial charge in [0, 0.05) is 28.4 Å². The Morgan fingerprint density at radius 3 is 2.74 bits per heavy atom. The van der Waals surface area contributed by atoms with Gasteiger partial charge in [-0.3, -0.25) is 10.1 Å². The van der Waals surface area contributed by atoms with Crippen LogP contribution < -0.4 is 5.73 Å². The Hall–Kier alpha value is -3.22. The van der Waals surface area contributed by atoms with Crippen molar-refractivity contribution < 1.29 is 9.45 Å². The highest BCUT2D eigenvalue weighted by Crippen LogP contribution is 2.29. The van der Waals surface area contributed by atoms with Crippen molar-refractivity contribution in [3.05, 3.63) is 57.6 Å². The molecule has 1 heterocycles. The zero-order chi connectivity index (χ0) is 16.6. The van der Waals surface area contributed by atoms with Gasteiger partial charge in [0.15, 0.2) is 0 Å². The maximum Gasteiger partial charge on any atom is 0.273 e. The smallest absolute Gasteiger partial charge is 0.273 e. The van der Waals surface area contributed by atoms with Crippen LogP contribution in [0.5, 0.6) is 0 Å². The van der Waals surface area contributed by atoms with E-state index in [-0.39, 0.29) is 11.6 Å². The van der Waals surface area contributed by atoms with Crippen LogP contribution in [0.3, 0.4) is 0 Å². The fourth-order valence-electron chi connectivity index (χ4n) is 2.29. The number of nitro groups is 1. The van der Waals surface area contributed by atoms with Crippen molar-refractivity contribution in [2.75, 3.05) is 5.73 Å². The lowest BCUT2D eigenvalue weighted by Crippen LogP contribution is -1.93. The highest BCUT2D eigenvalue weighted by atomic mass is 16.6. The van der Waals surface area contributed by atoms with Crippen molar-refractivity contribution in [1.82, 2.24) is 10.1 Å². The van der Waals surface area contributed by atoms with Crippen molar-refractivity contribution in [3.8, 4) is 22.8 Å². The van der Waals surface area contributed by atoms with E-state index in [4.69, 9.17) is 10.3 Å². The normalized spacial score (nSPS) is 10.7. The summed E-state index contributed by atoms with van der Waals surface area (Å²) >= 11 is 0. The van der Waals surface area contributed by atoms with E-state index in [1.54, 1.807) is 25.1 Å². The summed E-state index contributed by atoms with van der Waals surface area (Å²) in [6.45, 7) is 3.55. The Bertz CT molecular complexity index is 902. The van der Waals surface area contributed by atoms with Crippen LogP contribution in [0.25, 0.3) is 22.8 Å². The quantitative estimate of drug-likeness (QED) is 0.450. The van der Waals surface area contributed by atoms with Crippen LogP contribution in [0.1, 0.15) is 11.1 Å². The summed E-state index contributed by atoms with van der Waals surface area (Å²) in [6, 6.07) is 10.2. The number of nitro benzene ring substituents is 1. The fourth-order valence-corrected chi connectivity index (χ4v) is 2.29. The fraction of sp³-hybridized carbons (Fsp3) is 0.125. The Morgan fingerprint density at radius 1 is 1.22 bits per heavy atom. The van der Waals surface area contributed by atoms with E-state index in [1.807, 2.05) is 19.1 Å². The number of anilines is 1. The molecule has 0 aliphatic rings. The molecule has 0 atom stereocenters. The lowest BCUT2D eigenvalue weighted by molar-refractivity contribution is -0.385. The van der Waals surface area contributed by atoms with Gasteiger partial charge in [0.1, 0.15) is 0 Å². The number of hydrogen-bond donors (Lipinski definition) is 1. The summed E-state index contributed by atoms with van der Waals surface area (Å²) in [5.41, 5.74) is 9.24. The van der Waals surface area contributed by atoms with E-state index in [2.05, 4.69) is 10.1 Å². The van der Waals surface area contributed by atoms with Gasteiger partial charge in [0.2, 0.25) is 5.82 Å². The van der Waals surface area contributed by atoms with E-state index >= 15 is 0 Å². The van der Waals surface area contributed by atoms with Crippen LogP contribution in [0.2, 0.25) is 0 Å². The van der Waals surface area contributed by atoms with Crippen molar-refractivity contribution >= 4 is 11.4 Å². The van der Waals surface area contributed by atoms with Gasteiger partial charge in [-0.05, 0) is 31.5 Å². The van der Waals surface area contributed by atoms with Gasteiger partial charge in [0.25, 0.3) is 11.6 Å². The minimum Gasteiger partial charge on any atom is -0.398 e. The molecule has 0 spiro atoms. The zero-order valence-corrected chi connectivity index (χ0v) is 12.6. The third-order valence-corrected chi connectivity index (χ3v) is 3.70. The number of aromatic nitrogens is 2. The second kappa shape index (κ2) is 5.53. The molecule has 2 aromatic carbocycles. The van der Waals surface area contributed by atoms with Crippen molar-refractivity contribution in [1.29, 1.82) is 0 Å². The summed E-state index contributed by atoms with van der Waals surface area (Å²) in [6.07, 6.45) is 0. The van der Waals surface area contributed by atoms with E-state index < -0.39 is 4.92 Å². The van der Waals surface area contributed by atoms with Crippen LogP contribution >= 0.6 is 0 Å². The Labute approximate surface area is 131 Å². The molecule has 3 rings (SSSR count). The van der Waals surface area contributed by atoms with E-state index in [0.717, 1.165) is 11.1 Å². The van der Waals surface area contributed by atoms with Crippen LogP contribution in [0, 0.1) is 24.0 Å². The number of nitrogens with zero attached hydrogens (tertiary/aromatic N) is 3. The lowest BCUT2D eigenvalue weighted by Gasteiger charge is -2.03. The first-order chi connectivity index (χ1) is 11.0. The first-order valence-electron chi connectivity index (χ1n) is 6.92. The van der Waals surface area contributed by atoms with Crippen LogP contribution in [-0.4, -0.2) is 15.1 Å². The van der Waals surface area contributed by atoms with Crippen molar-refractivity contribution in [2.45, 2.75) is 13.8 Å². The summed E-state index contributed by atoms with van der Waals surface area (Å²) in [5, 5.41) is 15.0. The van der Waals surface area contributed by atoms with Gasteiger partial charge in [-0.15, -0.1) is 0 Å². The number of rotatable bonds is 3. The second-order valence-corrected chi connectivity index (χ2v) is 5.20. The molecule has 0 fully saturated rings. The van der Waals surface area contributed by atoms with E-state index in [1.165, 1.54) is 6.07 Å². The SMILES string of the molecule is Cc1ccc(-c2nc(-c3cccc(N)c3C)no2)cc1[N+](=O)[O-]. The Morgan fingerprint density at radius 2 is 2.00 bits per heavy atom. The second-order valence-electron chi connectivity index (χ2n) is 5.20. The largest absolute Gasteiger partial charge is 0.398 e. The Kier molecular flexibility index (Phi) is 3.53. The number of nitrogen functional groups attached to an aromatic ring is 1. The first-order valence-corrected chi connectivity index (χ1v) is 6.92. The molecule has 0 unspecified atom stereocenters. The van der Waals surface area contributed by atoms with Gasteiger partial charge in [0.05, 0.1) is 4.92 Å². The monoisotopic (exact) mass is 310 g/mol. The molecule has 0 saturated heterocycles. The molecule has 0 aliphatic heterocycles. The molecule has 0 saturated carbocycles. The van der Waals surface area contributed by atoms with Gasteiger partial charge < -0.3 is 10.3 Å². The predicted octanol–water partition coefficient (Wildman–Crippen LogP) is 3.51. The molecule has 23 heavy (non-hydrogen) atoms. The third kappa shape index (κ3) is 2.64. The van der Waals surface area contributed by atoms with Gasteiger partial charge >= 0.3 is 0 Å². The van der Waals surface area contributed by atoms with Crippen LogP contribution in [0.15, 0.2) is 40.9 Å². The molecule has 0 bridgehead atoms. The summed E-state index contributed by atoms with van der Waals surface area (Å²) < 4.78 is 5.25. The van der Waals surface area contributed by atoms with Crippen LogP contribution in [0.4, 0.5) is 11.4 Å². The number of aryl methyl sites for hydroxylation is 1. The molecule has 2 N–H and O–H groups in total. The minimum absolute atomic E-state index is 0.0161.